The number of carbonyl (C=O) groups is 2. The molecule has 2 heterocycles. The molecule has 1 atom stereocenters. The first kappa shape index (κ1) is 22.0. The van der Waals surface area contributed by atoms with E-state index in [1.165, 1.54) is 0 Å². The molecule has 2 aromatic heterocycles. The van der Waals surface area contributed by atoms with E-state index in [1.54, 1.807) is 44.3 Å². The molecular formula is C26H22N2O5. The summed E-state index contributed by atoms with van der Waals surface area (Å²) in [5.74, 6) is -0.872. The van der Waals surface area contributed by atoms with Gasteiger partial charge in [-0.05, 0) is 49.2 Å². The molecule has 166 valence electrons. The highest BCUT2D eigenvalue weighted by Crippen LogP contribution is 2.30. The number of pyridine rings is 1. The van der Waals surface area contributed by atoms with E-state index in [4.69, 9.17) is 9.26 Å². The molecule has 0 bridgehead atoms. The number of benzene rings is 2. The van der Waals surface area contributed by atoms with Crippen LogP contribution in [0.5, 0.6) is 0 Å². The van der Waals surface area contributed by atoms with E-state index in [9.17, 15) is 14.7 Å². The van der Waals surface area contributed by atoms with Crippen molar-refractivity contribution >= 4 is 11.9 Å². The second-order valence-corrected chi connectivity index (χ2v) is 7.60. The smallest absolute Gasteiger partial charge is 0.335 e. The van der Waals surface area contributed by atoms with Gasteiger partial charge in [-0.3, -0.25) is 9.78 Å². The molecule has 1 N–H and O–H groups in total. The second-order valence-electron chi connectivity index (χ2n) is 7.60. The number of carbonyl (C=O) groups excluding carboxylic acids is 1. The number of aromatic nitrogens is 2. The molecular weight excluding hydrogens is 420 g/mol. The van der Waals surface area contributed by atoms with Gasteiger partial charge in [0, 0.05) is 17.3 Å². The van der Waals surface area contributed by atoms with Gasteiger partial charge in [0.25, 0.3) is 0 Å². The highest BCUT2D eigenvalue weighted by molar-refractivity contribution is 5.89. The Kier molecular flexibility index (Phi) is 6.31. The number of hydrogen-bond acceptors (Lipinski definition) is 6. The van der Waals surface area contributed by atoms with Gasteiger partial charge in [-0.15, -0.1) is 0 Å². The average molecular weight is 442 g/mol. The maximum atomic E-state index is 12.6. The summed E-state index contributed by atoms with van der Waals surface area (Å²) < 4.78 is 11.1. The Labute approximate surface area is 190 Å². The standard InChI is InChI=1S/C26H22N2O5/c1-16-22(15-24(29)32-17(2)23-8-3-4-13-27-23)25(33-28-16)19-11-9-18(10-12-19)20-6-5-7-21(14-20)26(30)31/h3-14,17H,15H2,1-2H3,(H,30,31)/t17-/m1/s1. The first-order chi connectivity index (χ1) is 15.9. The molecule has 0 fully saturated rings. The highest BCUT2D eigenvalue weighted by atomic mass is 16.5. The Hall–Kier alpha value is -4.26. The maximum absolute atomic E-state index is 12.6. The van der Waals surface area contributed by atoms with Gasteiger partial charge in [0.05, 0.1) is 23.4 Å². The summed E-state index contributed by atoms with van der Waals surface area (Å²) in [5.41, 5.74) is 4.60. The summed E-state index contributed by atoms with van der Waals surface area (Å²) in [6, 6.07) is 19.7. The number of carboxylic acids is 1. The Bertz CT molecular complexity index is 1280. The van der Waals surface area contributed by atoms with Gasteiger partial charge in [0.15, 0.2) is 5.76 Å². The monoisotopic (exact) mass is 442 g/mol. The molecule has 0 saturated carbocycles. The van der Waals surface area contributed by atoms with Crippen LogP contribution in [0, 0.1) is 6.92 Å². The van der Waals surface area contributed by atoms with Gasteiger partial charge in [0.2, 0.25) is 0 Å². The number of hydrogen-bond donors (Lipinski definition) is 1. The molecule has 4 rings (SSSR count). The predicted molar refractivity (Wildman–Crippen MR) is 122 cm³/mol. The van der Waals surface area contributed by atoms with Gasteiger partial charge >= 0.3 is 11.9 Å². The normalized spacial score (nSPS) is 11.7. The topological polar surface area (TPSA) is 103 Å². The summed E-state index contributed by atoms with van der Waals surface area (Å²) in [6.07, 6.45) is 1.21. The number of rotatable bonds is 7. The van der Waals surface area contributed by atoms with Crippen molar-refractivity contribution in [2.45, 2.75) is 26.4 Å². The van der Waals surface area contributed by atoms with E-state index in [0.717, 1.165) is 16.7 Å². The minimum atomic E-state index is -0.973. The molecule has 0 aliphatic carbocycles. The van der Waals surface area contributed by atoms with Crippen molar-refractivity contribution < 1.29 is 24.0 Å². The van der Waals surface area contributed by atoms with Crippen LogP contribution in [-0.4, -0.2) is 27.2 Å². The van der Waals surface area contributed by atoms with E-state index >= 15 is 0 Å². The lowest BCUT2D eigenvalue weighted by molar-refractivity contribution is -0.147. The molecule has 4 aromatic rings. The van der Waals surface area contributed by atoms with Crippen molar-refractivity contribution in [3.8, 4) is 22.5 Å². The van der Waals surface area contributed by atoms with E-state index in [1.807, 2.05) is 42.5 Å². The van der Waals surface area contributed by atoms with Gasteiger partial charge in [-0.1, -0.05) is 47.6 Å². The summed E-state index contributed by atoms with van der Waals surface area (Å²) in [4.78, 5) is 28.0. The van der Waals surface area contributed by atoms with Crippen molar-refractivity contribution in [2.75, 3.05) is 0 Å². The second kappa shape index (κ2) is 9.48. The zero-order valence-electron chi connectivity index (χ0n) is 18.2. The van der Waals surface area contributed by atoms with E-state index in [2.05, 4.69) is 10.1 Å². The number of aryl methyl sites for hydroxylation is 1. The first-order valence-electron chi connectivity index (χ1n) is 10.4. The predicted octanol–water partition coefficient (Wildman–Crippen LogP) is 5.26. The van der Waals surface area contributed by atoms with Crippen molar-refractivity contribution in [2.24, 2.45) is 0 Å². The van der Waals surface area contributed by atoms with Crippen molar-refractivity contribution in [1.82, 2.24) is 10.1 Å². The fraction of sp³-hybridized carbons (Fsp3) is 0.154. The zero-order chi connectivity index (χ0) is 23.4. The molecule has 0 saturated heterocycles. The van der Waals surface area contributed by atoms with Crippen LogP contribution in [0.1, 0.15) is 40.3 Å². The van der Waals surface area contributed by atoms with Crippen LogP contribution in [0.2, 0.25) is 0 Å². The van der Waals surface area contributed by atoms with Gasteiger partial charge in [-0.2, -0.15) is 0 Å². The molecule has 0 amide bonds. The molecule has 2 aromatic carbocycles. The Morgan fingerprint density at radius 3 is 2.45 bits per heavy atom. The largest absolute Gasteiger partial charge is 0.478 e. The fourth-order valence-electron chi connectivity index (χ4n) is 3.53. The third-order valence-corrected chi connectivity index (χ3v) is 5.31. The van der Waals surface area contributed by atoms with Crippen molar-refractivity contribution in [3.63, 3.8) is 0 Å². The summed E-state index contributed by atoms with van der Waals surface area (Å²) in [7, 11) is 0. The number of carboxylic acid groups (broad SMARTS) is 1. The van der Waals surface area contributed by atoms with Crippen molar-refractivity contribution in [3.05, 3.63) is 95.4 Å². The SMILES string of the molecule is Cc1noc(-c2ccc(-c3cccc(C(=O)O)c3)cc2)c1CC(=O)O[C@H](C)c1ccccn1. The Balaban J connectivity index is 1.52. The van der Waals surface area contributed by atoms with Crippen LogP contribution < -0.4 is 0 Å². The van der Waals surface area contributed by atoms with Gasteiger partial charge < -0.3 is 14.4 Å². The van der Waals surface area contributed by atoms with E-state index in [0.29, 0.717) is 22.7 Å². The van der Waals surface area contributed by atoms with Crippen LogP contribution in [0.15, 0.2) is 77.4 Å². The molecule has 0 radical (unpaired) electrons. The van der Waals surface area contributed by atoms with Crippen LogP contribution in [-0.2, 0) is 16.0 Å². The Morgan fingerprint density at radius 2 is 1.76 bits per heavy atom. The minimum Gasteiger partial charge on any atom is -0.478 e. The van der Waals surface area contributed by atoms with Crippen LogP contribution in [0.4, 0.5) is 0 Å². The molecule has 0 aliphatic rings. The Morgan fingerprint density at radius 1 is 1.00 bits per heavy atom. The van der Waals surface area contributed by atoms with Crippen molar-refractivity contribution in [1.29, 1.82) is 0 Å². The first-order valence-corrected chi connectivity index (χ1v) is 10.4. The molecule has 0 spiro atoms. The number of ether oxygens (including phenoxy) is 1. The summed E-state index contributed by atoms with van der Waals surface area (Å²) >= 11 is 0. The van der Waals surface area contributed by atoms with E-state index in [-0.39, 0.29) is 12.0 Å². The van der Waals surface area contributed by atoms with Gasteiger partial charge in [-0.25, -0.2) is 4.79 Å². The third-order valence-electron chi connectivity index (χ3n) is 5.31. The minimum absolute atomic E-state index is 0.0181. The van der Waals surface area contributed by atoms with Crippen LogP contribution in [0.3, 0.4) is 0 Å². The lowest BCUT2D eigenvalue weighted by Gasteiger charge is -2.12. The number of aromatic carboxylic acids is 1. The quantitative estimate of drug-likeness (QED) is 0.390. The lowest BCUT2D eigenvalue weighted by atomic mass is 9.99. The zero-order valence-corrected chi connectivity index (χ0v) is 18.2. The molecule has 7 nitrogen and oxygen atoms in total. The van der Waals surface area contributed by atoms with Crippen LogP contribution in [0.25, 0.3) is 22.5 Å². The lowest BCUT2D eigenvalue weighted by Crippen LogP contribution is -2.13. The molecule has 0 unspecified atom stereocenters. The van der Waals surface area contributed by atoms with Crippen LogP contribution >= 0.6 is 0 Å². The number of nitrogens with zero attached hydrogens (tertiary/aromatic N) is 2. The summed E-state index contributed by atoms with van der Waals surface area (Å²) in [5, 5.41) is 13.2. The average Bonchev–Trinajstić information content (AvgIpc) is 3.19. The van der Waals surface area contributed by atoms with Gasteiger partial charge in [0.1, 0.15) is 6.10 Å². The number of esters is 1. The maximum Gasteiger partial charge on any atom is 0.335 e. The third kappa shape index (κ3) is 4.98. The molecule has 0 aliphatic heterocycles. The highest BCUT2D eigenvalue weighted by Gasteiger charge is 2.21. The summed E-state index contributed by atoms with van der Waals surface area (Å²) in [6.45, 7) is 3.56. The fourth-order valence-corrected chi connectivity index (χ4v) is 3.53. The molecule has 7 heteroatoms. The van der Waals surface area contributed by atoms with E-state index < -0.39 is 18.0 Å². The molecule has 33 heavy (non-hydrogen) atoms.